The maximum absolute atomic E-state index is 3.92. The summed E-state index contributed by atoms with van der Waals surface area (Å²) in [6.45, 7) is 0. The quantitative estimate of drug-likeness (QED) is 0.296. The molecule has 0 aliphatic heterocycles. The summed E-state index contributed by atoms with van der Waals surface area (Å²) >= 11 is 3.92. The van der Waals surface area contributed by atoms with Crippen molar-refractivity contribution in [2.24, 2.45) is 0 Å². The molecule has 2 aromatic heterocycles. The Morgan fingerprint density at radius 1 is 0.667 bits per heavy atom. The van der Waals surface area contributed by atoms with E-state index in [1.165, 1.54) is 38.3 Å². The lowest BCUT2D eigenvalue weighted by Gasteiger charge is -2.08. The monoisotopic (exact) mass is 410 g/mol. The Hall–Kier alpha value is -3.04. The molecule has 6 rings (SSSR count). The van der Waals surface area contributed by atoms with Crippen LogP contribution in [0.5, 0.6) is 0 Å². The van der Waals surface area contributed by atoms with Gasteiger partial charge in [-0.15, -0.1) is 0 Å². The SMILES string of the molecule is Brc1c2[nH]c3ccccc3c2cc2c1c1ccccc1n2-c1ccccc1. The molecule has 0 aliphatic carbocycles. The van der Waals surface area contributed by atoms with Gasteiger partial charge in [-0.25, -0.2) is 0 Å². The number of aromatic nitrogens is 2. The molecule has 3 heteroatoms. The summed E-state index contributed by atoms with van der Waals surface area (Å²) in [5.74, 6) is 0. The van der Waals surface area contributed by atoms with Gasteiger partial charge in [0.2, 0.25) is 0 Å². The van der Waals surface area contributed by atoms with E-state index in [0.717, 1.165) is 15.5 Å². The summed E-state index contributed by atoms with van der Waals surface area (Å²) in [5.41, 5.74) is 5.92. The van der Waals surface area contributed by atoms with Crippen molar-refractivity contribution in [3.8, 4) is 5.69 Å². The molecule has 0 fully saturated rings. The first-order valence-corrected chi connectivity index (χ1v) is 9.80. The molecule has 0 atom stereocenters. The van der Waals surface area contributed by atoms with Gasteiger partial charge in [-0.05, 0) is 46.3 Å². The first-order chi connectivity index (χ1) is 13.3. The molecule has 2 nitrogen and oxygen atoms in total. The Kier molecular flexibility index (Phi) is 3.06. The molecule has 4 aromatic carbocycles. The van der Waals surface area contributed by atoms with Gasteiger partial charge in [-0.1, -0.05) is 54.6 Å². The fourth-order valence-electron chi connectivity index (χ4n) is 4.23. The van der Waals surface area contributed by atoms with Crippen molar-refractivity contribution in [1.82, 2.24) is 9.55 Å². The standard InChI is InChI=1S/C24H15BrN2/c25-23-22-17-11-5-7-13-20(17)27(15-8-2-1-3-9-15)21(22)14-18-16-10-4-6-12-19(16)26-24(18)23/h1-14,26H. The van der Waals surface area contributed by atoms with Gasteiger partial charge in [0, 0.05) is 32.7 Å². The molecule has 0 amide bonds. The van der Waals surface area contributed by atoms with Gasteiger partial charge in [-0.2, -0.15) is 0 Å². The Labute approximate surface area is 164 Å². The average Bonchev–Trinajstić information content (AvgIpc) is 3.25. The minimum atomic E-state index is 1.12. The molecule has 0 saturated carbocycles. The number of halogens is 1. The number of para-hydroxylation sites is 3. The second kappa shape index (κ2) is 5.48. The highest BCUT2D eigenvalue weighted by molar-refractivity contribution is 9.10. The van der Waals surface area contributed by atoms with Crippen LogP contribution in [0, 0.1) is 0 Å². The molecule has 2 heterocycles. The van der Waals surface area contributed by atoms with Crippen LogP contribution in [0.4, 0.5) is 0 Å². The fraction of sp³-hybridized carbons (Fsp3) is 0. The molecule has 1 N–H and O–H groups in total. The van der Waals surface area contributed by atoms with Gasteiger partial charge in [-0.3, -0.25) is 0 Å². The molecule has 0 radical (unpaired) electrons. The van der Waals surface area contributed by atoms with E-state index in [9.17, 15) is 0 Å². The molecule has 0 bridgehead atoms. The number of hydrogen-bond acceptors (Lipinski definition) is 0. The minimum Gasteiger partial charge on any atom is -0.354 e. The Morgan fingerprint density at radius 3 is 2.22 bits per heavy atom. The van der Waals surface area contributed by atoms with Crippen molar-refractivity contribution >= 4 is 59.5 Å². The lowest BCUT2D eigenvalue weighted by atomic mass is 10.1. The van der Waals surface area contributed by atoms with Crippen LogP contribution in [0.3, 0.4) is 0 Å². The number of H-pyrrole nitrogens is 1. The molecule has 0 saturated heterocycles. The highest BCUT2D eigenvalue weighted by atomic mass is 79.9. The first-order valence-electron chi connectivity index (χ1n) is 9.00. The number of nitrogens with one attached hydrogen (secondary N) is 1. The molecule has 0 aliphatic rings. The molecular formula is C24H15BrN2. The van der Waals surface area contributed by atoms with E-state index < -0.39 is 0 Å². The highest BCUT2D eigenvalue weighted by Gasteiger charge is 2.18. The van der Waals surface area contributed by atoms with Crippen LogP contribution in [0.1, 0.15) is 0 Å². The fourth-order valence-corrected chi connectivity index (χ4v) is 4.96. The van der Waals surface area contributed by atoms with Crippen LogP contribution in [0.2, 0.25) is 0 Å². The third kappa shape index (κ3) is 2.00. The van der Waals surface area contributed by atoms with Crippen LogP contribution in [0.15, 0.2) is 89.4 Å². The zero-order valence-corrected chi connectivity index (χ0v) is 16.0. The molecule has 0 unspecified atom stereocenters. The van der Waals surface area contributed by atoms with E-state index >= 15 is 0 Å². The maximum atomic E-state index is 3.92. The zero-order chi connectivity index (χ0) is 18.0. The lowest BCUT2D eigenvalue weighted by molar-refractivity contribution is 1.18. The van der Waals surface area contributed by atoms with E-state index in [4.69, 9.17) is 0 Å². The van der Waals surface area contributed by atoms with Crippen LogP contribution in [-0.2, 0) is 0 Å². The van der Waals surface area contributed by atoms with E-state index in [2.05, 4.69) is 110 Å². The van der Waals surface area contributed by atoms with Crippen LogP contribution >= 0.6 is 15.9 Å². The normalized spacial score (nSPS) is 11.9. The van der Waals surface area contributed by atoms with E-state index in [-0.39, 0.29) is 0 Å². The van der Waals surface area contributed by atoms with E-state index in [0.29, 0.717) is 0 Å². The van der Waals surface area contributed by atoms with Crippen molar-refractivity contribution in [3.63, 3.8) is 0 Å². The molecule has 0 spiro atoms. The van der Waals surface area contributed by atoms with E-state index in [1.54, 1.807) is 0 Å². The molecule has 128 valence electrons. The third-order valence-corrected chi connectivity index (χ3v) is 6.19. The Bertz CT molecular complexity index is 1470. The number of aromatic amines is 1. The molecule has 27 heavy (non-hydrogen) atoms. The number of benzene rings is 4. The average molecular weight is 411 g/mol. The topological polar surface area (TPSA) is 20.7 Å². The van der Waals surface area contributed by atoms with Crippen molar-refractivity contribution in [1.29, 1.82) is 0 Å². The summed E-state index contributed by atoms with van der Waals surface area (Å²) < 4.78 is 3.48. The van der Waals surface area contributed by atoms with Crippen molar-refractivity contribution in [2.45, 2.75) is 0 Å². The summed E-state index contributed by atoms with van der Waals surface area (Å²) in [7, 11) is 0. The zero-order valence-electron chi connectivity index (χ0n) is 14.4. The summed E-state index contributed by atoms with van der Waals surface area (Å²) in [6.07, 6.45) is 0. The predicted molar refractivity (Wildman–Crippen MR) is 118 cm³/mol. The smallest absolute Gasteiger partial charge is 0.0617 e. The number of hydrogen-bond donors (Lipinski definition) is 1. The number of nitrogens with zero attached hydrogens (tertiary/aromatic N) is 1. The van der Waals surface area contributed by atoms with Gasteiger partial charge in [0.25, 0.3) is 0 Å². The van der Waals surface area contributed by atoms with Crippen molar-refractivity contribution in [3.05, 3.63) is 89.4 Å². The van der Waals surface area contributed by atoms with Crippen LogP contribution < -0.4 is 0 Å². The van der Waals surface area contributed by atoms with Gasteiger partial charge in [0.1, 0.15) is 0 Å². The largest absolute Gasteiger partial charge is 0.354 e. The van der Waals surface area contributed by atoms with Gasteiger partial charge in [0.05, 0.1) is 21.0 Å². The van der Waals surface area contributed by atoms with Crippen LogP contribution in [0.25, 0.3) is 49.3 Å². The predicted octanol–water partition coefficient (Wildman–Crippen LogP) is 7.18. The Balaban J connectivity index is 1.90. The van der Waals surface area contributed by atoms with Crippen LogP contribution in [-0.4, -0.2) is 9.55 Å². The highest BCUT2D eigenvalue weighted by Crippen LogP contribution is 2.42. The number of fused-ring (bicyclic) bond motifs is 6. The van der Waals surface area contributed by atoms with Gasteiger partial charge in [0.15, 0.2) is 0 Å². The maximum Gasteiger partial charge on any atom is 0.0617 e. The minimum absolute atomic E-state index is 1.12. The second-order valence-electron chi connectivity index (χ2n) is 6.87. The first kappa shape index (κ1) is 15.1. The van der Waals surface area contributed by atoms with Crippen molar-refractivity contribution < 1.29 is 0 Å². The lowest BCUT2D eigenvalue weighted by Crippen LogP contribution is -1.92. The Morgan fingerprint density at radius 2 is 1.37 bits per heavy atom. The summed E-state index contributed by atoms with van der Waals surface area (Å²) in [4.78, 5) is 3.60. The molecular weight excluding hydrogens is 396 g/mol. The summed E-state index contributed by atoms with van der Waals surface area (Å²) in [5, 5.41) is 4.99. The number of rotatable bonds is 1. The molecule has 6 aromatic rings. The third-order valence-electron chi connectivity index (χ3n) is 5.39. The van der Waals surface area contributed by atoms with Gasteiger partial charge < -0.3 is 9.55 Å². The van der Waals surface area contributed by atoms with E-state index in [1.807, 2.05) is 0 Å². The van der Waals surface area contributed by atoms with Gasteiger partial charge >= 0.3 is 0 Å². The second-order valence-corrected chi connectivity index (χ2v) is 7.66. The summed E-state index contributed by atoms with van der Waals surface area (Å²) in [6, 6.07) is 30.0. The van der Waals surface area contributed by atoms with Crippen molar-refractivity contribution in [2.75, 3.05) is 0 Å².